The van der Waals surface area contributed by atoms with Crippen LogP contribution in [0.25, 0.3) is 11.3 Å². The van der Waals surface area contributed by atoms with E-state index < -0.39 is 0 Å². The summed E-state index contributed by atoms with van der Waals surface area (Å²) in [6, 6.07) is 20.0. The second-order valence-electron chi connectivity index (χ2n) is 5.09. The Hall–Kier alpha value is -2.61. The Morgan fingerprint density at radius 2 is 1.67 bits per heavy atom. The Kier molecular flexibility index (Phi) is 3.69. The molecule has 0 aliphatic heterocycles. The molecule has 0 saturated carbocycles. The molecular formula is C19H17NO. The van der Waals surface area contributed by atoms with Crippen molar-refractivity contribution in [1.29, 1.82) is 0 Å². The van der Waals surface area contributed by atoms with Gasteiger partial charge in [-0.05, 0) is 55.3 Å². The van der Waals surface area contributed by atoms with Gasteiger partial charge >= 0.3 is 0 Å². The molecule has 0 N–H and O–H groups in total. The van der Waals surface area contributed by atoms with Crippen LogP contribution in [0.5, 0.6) is 11.5 Å². The van der Waals surface area contributed by atoms with E-state index in [1.165, 1.54) is 5.56 Å². The van der Waals surface area contributed by atoms with Gasteiger partial charge in [-0.1, -0.05) is 30.3 Å². The molecule has 0 spiro atoms. The minimum atomic E-state index is 0.834. The normalized spacial score (nSPS) is 10.4. The smallest absolute Gasteiger partial charge is 0.139 e. The van der Waals surface area contributed by atoms with Crippen LogP contribution in [-0.4, -0.2) is 4.98 Å². The summed E-state index contributed by atoms with van der Waals surface area (Å²) < 4.78 is 6.09. The molecule has 2 aromatic carbocycles. The molecule has 2 nitrogen and oxygen atoms in total. The number of para-hydroxylation sites is 2. The molecule has 0 aliphatic carbocycles. The van der Waals surface area contributed by atoms with E-state index in [4.69, 9.17) is 4.74 Å². The van der Waals surface area contributed by atoms with E-state index in [0.29, 0.717) is 0 Å². The third-order valence-corrected chi connectivity index (χ3v) is 3.37. The third-order valence-electron chi connectivity index (χ3n) is 3.37. The molecule has 0 radical (unpaired) electrons. The van der Waals surface area contributed by atoms with Gasteiger partial charge in [0, 0.05) is 11.8 Å². The number of ether oxygens (including phenoxy) is 1. The summed E-state index contributed by atoms with van der Waals surface area (Å²) >= 11 is 0. The largest absolute Gasteiger partial charge is 0.456 e. The second kappa shape index (κ2) is 5.80. The molecule has 0 aliphatic rings. The predicted octanol–water partition coefficient (Wildman–Crippen LogP) is 5.16. The zero-order chi connectivity index (χ0) is 14.7. The van der Waals surface area contributed by atoms with Crippen LogP contribution in [0.1, 0.15) is 11.1 Å². The van der Waals surface area contributed by atoms with Crippen molar-refractivity contribution in [2.75, 3.05) is 0 Å². The predicted molar refractivity (Wildman–Crippen MR) is 85.7 cm³/mol. The lowest BCUT2D eigenvalue weighted by atomic mass is 10.0. The molecule has 0 unspecified atom stereocenters. The van der Waals surface area contributed by atoms with Crippen LogP contribution in [0, 0.1) is 13.8 Å². The Morgan fingerprint density at radius 1 is 0.857 bits per heavy atom. The molecule has 1 aromatic heterocycles. The zero-order valence-electron chi connectivity index (χ0n) is 12.2. The summed E-state index contributed by atoms with van der Waals surface area (Å²) in [5.41, 5.74) is 4.24. The topological polar surface area (TPSA) is 22.1 Å². The first-order valence-electron chi connectivity index (χ1n) is 6.99. The van der Waals surface area contributed by atoms with Gasteiger partial charge in [0.15, 0.2) is 0 Å². The van der Waals surface area contributed by atoms with Gasteiger partial charge in [-0.25, -0.2) is 0 Å². The van der Waals surface area contributed by atoms with E-state index in [1.54, 1.807) is 0 Å². The molecule has 0 bridgehead atoms. The van der Waals surface area contributed by atoms with Crippen LogP contribution in [0.3, 0.4) is 0 Å². The number of nitrogens with zero attached hydrogens (tertiary/aromatic N) is 1. The monoisotopic (exact) mass is 275 g/mol. The van der Waals surface area contributed by atoms with Gasteiger partial charge in [0.1, 0.15) is 11.5 Å². The molecule has 1 heterocycles. The van der Waals surface area contributed by atoms with Crippen LogP contribution >= 0.6 is 0 Å². The van der Waals surface area contributed by atoms with E-state index >= 15 is 0 Å². The first kappa shape index (κ1) is 13.4. The average molecular weight is 275 g/mol. The van der Waals surface area contributed by atoms with Crippen LogP contribution in [0.15, 0.2) is 66.9 Å². The van der Waals surface area contributed by atoms with E-state index in [1.807, 2.05) is 54.7 Å². The van der Waals surface area contributed by atoms with Gasteiger partial charge in [-0.3, -0.25) is 4.98 Å². The second-order valence-corrected chi connectivity index (χ2v) is 5.09. The zero-order valence-corrected chi connectivity index (χ0v) is 12.2. The molecule has 0 saturated heterocycles. The summed E-state index contributed by atoms with van der Waals surface area (Å²) in [6.45, 7) is 4.12. The van der Waals surface area contributed by atoms with Crippen LogP contribution < -0.4 is 4.74 Å². The van der Waals surface area contributed by atoms with Gasteiger partial charge in [-0.2, -0.15) is 0 Å². The summed E-state index contributed by atoms with van der Waals surface area (Å²) in [4.78, 5) is 4.47. The van der Waals surface area contributed by atoms with Crippen LogP contribution in [-0.2, 0) is 0 Å². The molecule has 104 valence electrons. The van der Waals surface area contributed by atoms with Gasteiger partial charge in [0.05, 0.1) is 5.69 Å². The quantitative estimate of drug-likeness (QED) is 0.659. The minimum absolute atomic E-state index is 0.834. The molecule has 3 aromatic rings. The average Bonchev–Trinajstić information content (AvgIpc) is 2.50. The lowest BCUT2D eigenvalue weighted by Crippen LogP contribution is -1.93. The Bertz CT molecular complexity index is 751. The van der Waals surface area contributed by atoms with Crippen LogP contribution in [0.2, 0.25) is 0 Å². The van der Waals surface area contributed by atoms with Crippen molar-refractivity contribution in [3.05, 3.63) is 78.0 Å². The molecule has 2 heteroatoms. The molecular weight excluding hydrogens is 258 g/mol. The van der Waals surface area contributed by atoms with Gasteiger partial charge < -0.3 is 4.74 Å². The number of pyridine rings is 1. The number of rotatable bonds is 3. The van der Waals surface area contributed by atoms with E-state index in [0.717, 1.165) is 28.3 Å². The van der Waals surface area contributed by atoms with Crippen molar-refractivity contribution in [3.63, 3.8) is 0 Å². The van der Waals surface area contributed by atoms with Crippen molar-refractivity contribution < 1.29 is 4.74 Å². The number of aromatic nitrogens is 1. The van der Waals surface area contributed by atoms with Gasteiger partial charge in [0.2, 0.25) is 0 Å². The van der Waals surface area contributed by atoms with Gasteiger partial charge in [0.25, 0.3) is 0 Å². The minimum Gasteiger partial charge on any atom is -0.456 e. The molecule has 0 amide bonds. The van der Waals surface area contributed by atoms with Crippen molar-refractivity contribution in [3.8, 4) is 22.8 Å². The third kappa shape index (κ3) is 2.95. The van der Waals surface area contributed by atoms with Crippen molar-refractivity contribution in [2.45, 2.75) is 13.8 Å². The Balaban J connectivity index is 2.08. The SMILES string of the molecule is Cc1ccnc(-c2cccc(C)c2Oc2ccccc2)c1. The van der Waals surface area contributed by atoms with Crippen LogP contribution in [0.4, 0.5) is 0 Å². The summed E-state index contributed by atoms with van der Waals surface area (Å²) in [6.07, 6.45) is 1.83. The highest BCUT2D eigenvalue weighted by atomic mass is 16.5. The van der Waals surface area contributed by atoms with E-state index in [-0.39, 0.29) is 0 Å². The maximum Gasteiger partial charge on any atom is 0.139 e. The van der Waals surface area contributed by atoms with E-state index in [9.17, 15) is 0 Å². The first-order valence-corrected chi connectivity index (χ1v) is 6.99. The maximum absolute atomic E-state index is 6.09. The Morgan fingerprint density at radius 3 is 2.43 bits per heavy atom. The standard InChI is InChI=1S/C19H17NO/c1-14-11-12-20-18(13-14)17-10-6-7-15(2)19(17)21-16-8-4-3-5-9-16/h3-13H,1-2H3. The van der Waals surface area contributed by atoms with Gasteiger partial charge in [-0.15, -0.1) is 0 Å². The first-order chi connectivity index (χ1) is 10.2. The number of aryl methyl sites for hydroxylation is 2. The number of hydrogen-bond donors (Lipinski definition) is 0. The maximum atomic E-state index is 6.09. The molecule has 0 fully saturated rings. The van der Waals surface area contributed by atoms with Crippen molar-refractivity contribution >= 4 is 0 Å². The highest BCUT2D eigenvalue weighted by Gasteiger charge is 2.11. The fourth-order valence-electron chi connectivity index (χ4n) is 2.28. The van der Waals surface area contributed by atoms with Crippen molar-refractivity contribution in [1.82, 2.24) is 4.98 Å². The summed E-state index contributed by atoms with van der Waals surface area (Å²) in [5, 5.41) is 0. The summed E-state index contributed by atoms with van der Waals surface area (Å²) in [7, 11) is 0. The molecule has 3 rings (SSSR count). The fourth-order valence-corrected chi connectivity index (χ4v) is 2.28. The molecule has 0 atom stereocenters. The Labute approximate surface area is 125 Å². The summed E-state index contributed by atoms with van der Waals surface area (Å²) in [5.74, 6) is 1.70. The number of benzene rings is 2. The lowest BCUT2D eigenvalue weighted by Gasteiger charge is -2.13. The highest BCUT2D eigenvalue weighted by Crippen LogP contribution is 2.35. The highest BCUT2D eigenvalue weighted by molar-refractivity contribution is 5.70. The molecule has 21 heavy (non-hydrogen) atoms. The van der Waals surface area contributed by atoms with E-state index in [2.05, 4.69) is 31.0 Å². The fraction of sp³-hybridized carbons (Fsp3) is 0.105. The van der Waals surface area contributed by atoms with Crippen molar-refractivity contribution in [2.24, 2.45) is 0 Å². The lowest BCUT2D eigenvalue weighted by molar-refractivity contribution is 0.480. The number of hydrogen-bond acceptors (Lipinski definition) is 2.